The van der Waals surface area contributed by atoms with Crippen LogP contribution in [0.3, 0.4) is 0 Å². The number of anilines is 1. The zero-order valence-corrected chi connectivity index (χ0v) is 14.6. The van der Waals surface area contributed by atoms with E-state index >= 15 is 0 Å². The van der Waals surface area contributed by atoms with E-state index in [-0.39, 0.29) is 0 Å². The molecule has 0 spiro atoms. The predicted molar refractivity (Wildman–Crippen MR) is 103 cm³/mol. The molecular formula is C21H17ClN2O2. The van der Waals surface area contributed by atoms with E-state index in [1.807, 2.05) is 60.7 Å². The lowest BCUT2D eigenvalue weighted by molar-refractivity contribution is -0.136. The van der Waals surface area contributed by atoms with Crippen molar-refractivity contribution in [1.82, 2.24) is 5.32 Å². The molecule has 2 amide bonds. The Hall–Kier alpha value is -3.11. The second kappa shape index (κ2) is 8.32. The number of para-hydroxylation sites is 1. The van der Waals surface area contributed by atoms with Gasteiger partial charge in [0.15, 0.2) is 0 Å². The summed E-state index contributed by atoms with van der Waals surface area (Å²) in [6, 6.07) is 25.3. The summed E-state index contributed by atoms with van der Waals surface area (Å²) >= 11 is 6.02. The Balaban J connectivity index is 1.79. The van der Waals surface area contributed by atoms with Crippen LogP contribution in [0.25, 0.3) is 0 Å². The van der Waals surface area contributed by atoms with Gasteiger partial charge in [0.2, 0.25) is 0 Å². The molecule has 2 N–H and O–H groups in total. The minimum Gasteiger partial charge on any atom is -0.337 e. The quantitative estimate of drug-likeness (QED) is 0.682. The van der Waals surface area contributed by atoms with Crippen molar-refractivity contribution in [1.29, 1.82) is 0 Å². The molecule has 0 aliphatic rings. The third kappa shape index (κ3) is 4.29. The summed E-state index contributed by atoms with van der Waals surface area (Å²) in [4.78, 5) is 24.7. The van der Waals surface area contributed by atoms with Gasteiger partial charge in [0.1, 0.15) is 0 Å². The molecule has 3 aromatic rings. The minimum atomic E-state index is -0.769. The molecular weight excluding hydrogens is 348 g/mol. The van der Waals surface area contributed by atoms with E-state index < -0.39 is 17.9 Å². The molecule has 0 unspecified atom stereocenters. The fourth-order valence-electron chi connectivity index (χ4n) is 2.59. The van der Waals surface area contributed by atoms with Gasteiger partial charge in [-0.15, -0.1) is 0 Å². The van der Waals surface area contributed by atoms with Gasteiger partial charge in [0.05, 0.1) is 16.8 Å². The molecule has 26 heavy (non-hydrogen) atoms. The molecule has 5 heteroatoms. The van der Waals surface area contributed by atoms with Gasteiger partial charge in [-0.1, -0.05) is 84.4 Å². The Morgan fingerprint density at radius 1 is 0.692 bits per heavy atom. The van der Waals surface area contributed by atoms with Crippen LogP contribution in [-0.2, 0) is 9.59 Å². The Morgan fingerprint density at radius 2 is 1.19 bits per heavy atom. The third-order valence-electron chi connectivity index (χ3n) is 3.87. The zero-order valence-electron chi connectivity index (χ0n) is 13.9. The number of hydrogen-bond donors (Lipinski definition) is 2. The van der Waals surface area contributed by atoms with Crippen molar-refractivity contribution in [3.05, 3.63) is 101 Å². The molecule has 0 saturated carbocycles. The van der Waals surface area contributed by atoms with Crippen molar-refractivity contribution < 1.29 is 9.59 Å². The Labute approximate surface area is 156 Å². The highest BCUT2D eigenvalue weighted by molar-refractivity contribution is 6.41. The highest BCUT2D eigenvalue weighted by Gasteiger charge is 2.21. The summed E-state index contributed by atoms with van der Waals surface area (Å²) in [6.45, 7) is 0. The van der Waals surface area contributed by atoms with Gasteiger partial charge in [-0.25, -0.2) is 0 Å². The molecule has 0 bridgehead atoms. The molecule has 3 rings (SSSR count). The van der Waals surface area contributed by atoms with E-state index in [9.17, 15) is 9.59 Å². The van der Waals surface area contributed by atoms with Gasteiger partial charge in [0, 0.05) is 0 Å². The third-order valence-corrected chi connectivity index (χ3v) is 4.20. The molecule has 0 aromatic heterocycles. The van der Waals surface area contributed by atoms with Gasteiger partial charge in [0.25, 0.3) is 0 Å². The van der Waals surface area contributed by atoms with Crippen LogP contribution in [0.2, 0.25) is 5.02 Å². The summed E-state index contributed by atoms with van der Waals surface area (Å²) in [5.74, 6) is -1.50. The van der Waals surface area contributed by atoms with E-state index in [1.54, 1.807) is 24.3 Å². The molecule has 0 atom stereocenters. The van der Waals surface area contributed by atoms with E-state index in [0.29, 0.717) is 10.7 Å². The molecule has 0 fully saturated rings. The molecule has 3 aromatic carbocycles. The Bertz CT molecular complexity index is 859. The maximum atomic E-state index is 12.4. The van der Waals surface area contributed by atoms with Crippen molar-refractivity contribution in [2.45, 2.75) is 6.04 Å². The summed E-state index contributed by atoms with van der Waals surface area (Å²) in [5, 5.41) is 5.70. The largest absolute Gasteiger partial charge is 0.337 e. The number of hydrogen-bond acceptors (Lipinski definition) is 2. The maximum absolute atomic E-state index is 12.4. The van der Waals surface area contributed by atoms with Gasteiger partial charge in [-0.2, -0.15) is 0 Å². The summed E-state index contributed by atoms with van der Waals surface area (Å²) in [6.07, 6.45) is 0. The lowest BCUT2D eigenvalue weighted by Crippen LogP contribution is -2.38. The second-order valence-corrected chi connectivity index (χ2v) is 6.07. The number of carbonyl (C=O) groups excluding carboxylic acids is 2. The fraction of sp³-hybridized carbons (Fsp3) is 0.0476. The molecule has 0 radical (unpaired) electrons. The van der Waals surface area contributed by atoms with E-state index in [1.165, 1.54) is 0 Å². The van der Waals surface area contributed by atoms with E-state index in [2.05, 4.69) is 10.6 Å². The topological polar surface area (TPSA) is 58.2 Å². The average molecular weight is 365 g/mol. The van der Waals surface area contributed by atoms with Crippen LogP contribution in [0.5, 0.6) is 0 Å². The first-order valence-electron chi connectivity index (χ1n) is 8.11. The van der Waals surface area contributed by atoms with Gasteiger partial charge in [-0.05, 0) is 23.3 Å². The van der Waals surface area contributed by atoms with Crippen LogP contribution in [0.1, 0.15) is 17.2 Å². The predicted octanol–water partition coefficient (Wildman–Crippen LogP) is 4.18. The lowest BCUT2D eigenvalue weighted by atomic mass is 9.99. The molecule has 0 aliphatic heterocycles. The first-order chi connectivity index (χ1) is 12.6. The van der Waals surface area contributed by atoms with Crippen LogP contribution in [0, 0.1) is 0 Å². The highest BCUT2D eigenvalue weighted by atomic mass is 35.5. The standard InChI is InChI=1S/C21H17ClN2O2/c22-17-13-7-8-14-18(17)23-20(25)21(26)24-19(15-9-3-1-4-10-15)16-11-5-2-6-12-16/h1-14,19H,(H,23,25)(H,24,26). The van der Waals surface area contributed by atoms with E-state index in [0.717, 1.165) is 11.1 Å². The van der Waals surface area contributed by atoms with Gasteiger partial charge in [-0.3, -0.25) is 9.59 Å². The van der Waals surface area contributed by atoms with Crippen LogP contribution >= 0.6 is 11.6 Å². The first-order valence-corrected chi connectivity index (χ1v) is 8.49. The number of nitrogens with one attached hydrogen (secondary N) is 2. The number of carbonyl (C=O) groups is 2. The van der Waals surface area contributed by atoms with Crippen LogP contribution < -0.4 is 10.6 Å². The summed E-state index contributed by atoms with van der Waals surface area (Å²) in [7, 11) is 0. The lowest BCUT2D eigenvalue weighted by Gasteiger charge is -2.19. The summed E-state index contributed by atoms with van der Waals surface area (Å²) < 4.78 is 0. The SMILES string of the molecule is O=C(Nc1ccccc1Cl)C(=O)NC(c1ccccc1)c1ccccc1. The smallest absolute Gasteiger partial charge is 0.313 e. The average Bonchev–Trinajstić information content (AvgIpc) is 2.69. The second-order valence-electron chi connectivity index (χ2n) is 5.66. The minimum absolute atomic E-state index is 0.372. The van der Waals surface area contributed by atoms with Crippen LogP contribution in [0.15, 0.2) is 84.9 Å². The van der Waals surface area contributed by atoms with Gasteiger partial charge >= 0.3 is 11.8 Å². The first kappa shape index (κ1) is 17.7. The molecule has 0 saturated heterocycles. The van der Waals surface area contributed by atoms with Crippen molar-refractivity contribution in [2.75, 3.05) is 5.32 Å². The maximum Gasteiger partial charge on any atom is 0.313 e. The Morgan fingerprint density at radius 3 is 1.73 bits per heavy atom. The zero-order chi connectivity index (χ0) is 18.4. The normalized spacial score (nSPS) is 10.4. The molecule has 0 heterocycles. The van der Waals surface area contributed by atoms with Crippen LogP contribution in [0.4, 0.5) is 5.69 Å². The van der Waals surface area contributed by atoms with Crippen molar-refractivity contribution in [3.63, 3.8) is 0 Å². The van der Waals surface area contributed by atoms with Crippen molar-refractivity contribution in [2.24, 2.45) is 0 Å². The number of amides is 2. The summed E-state index contributed by atoms with van der Waals surface area (Å²) in [5.41, 5.74) is 2.17. The number of benzene rings is 3. The fourth-order valence-corrected chi connectivity index (χ4v) is 2.77. The Kier molecular flexibility index (Phi) is 5.66. The van der Waals surface area contributed by atoms with Crippen LogP contribution in [-0.4, -0.2) is 11.8 Å². The van der Waals surface area contributed by atoms with Crippen molar-refractivity contribution >= 4 is 29.1 Å². The molecule has 0 aliphatic carbocycles. The molecule has 4 nitrogen and oxygen atoms in total. The highest BCUT2D eigenvalue weighted by Crippen LogP contribution is 2.23. The monoisotopic (exact) mass is 364 g/mol. The molecule has 130 valence electrons. The van der Waals surface area contributed by atoms with Gasteiger partial charge < -0.3 is 10.6 Å². The van der Waals surface area contributed by atoms with Crippen molar-refractivity contribution in [3.8, 4) is 0 Å². The van der Waals surface area contributed by atoms with E-state index in [4.69, 9.17) is 11.6 Å². The number of halogens is 1. The number of rotatable bonds is 4.